The van der Waals surface area contributed by atoms with E-state index in [4.69, 9.17) is 11.6 Å². The van der Waals surface area contributed by atoms with Gasteiger partial charge in [-0.05, 0) is 0 Å². The zero-order valence-electron chi connectivity index (χ0n) is 8.38. The lowest BCUT2D eigenvalue weighted by Crippen LogP contribution is -2.14. The van der Waals surface area contributed by atoms with E-state index in [1.807, 2.05) is 0 Å². The van der Waals surface area contributed by atoms with Crippen LogP contribution in [0.1, 0.15) is 10.5 Å². The summed E-state index contributed by atoms with van der Waals surface area (Å²) in [7, 11) is 1.78. The lowest BCUT2D eigenvalue weighted by Gasteiger charge is -2.02. The second-order valence-corrected chi connectivity index (χ2v) is 3.43. The molecule has 0 atom stereocenters. The normalized spacial score (nSPS) is 10.1. The van der Waals surface area contributed by atoms with Crippen molar-refractivity contribution in [3.8, 4) is 0 Å². The number of imidazole rings is 1. The molecule has 0 radical (unpaired) electrons. The van der Waals surface area contributed by atoms with Crippen molar-refractivity contribution < 1.29 is 4.79 Å². The summed E-state index contributed by atoms with van der Waals surface area (Å²) in [4.78, 5) is 23.3. The van der Waals surface area contributed by atoms with Crippen LogP contribution in [-0.2, 0) is 7.05 Å². The van der Waals surface area contributed by atoms with Crippen molar-refractivity contribution in [1.82, 2.24) is 19.5 Å². The Bertz CT molecular complexity index is 524. The van der Waals surface area contributed by atoms with Crippen molar-refractivity contribution in [3.63, 3.8) is 0 Å². The Morgan fingerprint density at radius 2 is 2.12 bits per heavy atom. The Morgan fingerprint density at radius 1 is 1.38 bits per heavy atom. The second kappa shape index (κ2) is 4.28. The lowest BCUT2D eigenvalue weighted by molar-refractivity contribution is 0.102. The molecule has 2 heterocycles. The molecule has 0 aliphatic heterocycles. The summed E-state index contributed by atoms with van der Waals surface area (Å²) in [5.74, 6) is -0.150. The summed E-state index contributed by atoms with van der Waals surface area (Å²) in [6.07, 6.45) is 6.02. The second-order valence-electron chi connectivity index (χ2n) is 3.07. The van der Waals surface area contributed by atoms with E-state index in [0.29, 0.717) is 5.69 Å². The first-order valence-electron chi connectivity index (χ1n) is 4.42. The highest BCUT2D eigenvalue weighted by atomic mass is 35.5. The molecule has 7 heteroatoms. The zero-order valence-corrected chi connectivity index (χ0v) is 9.14. The number of hydrogen-bond acceptors (Lipinski definition) is 4. The maximum atomic E-state index is 11.7. The predicted octanol–water partition coefficient (Wildman–Crippen LogP) is 1.12. The molecular formula is C9H8ClN5O. The van der Waals surface area contributed by atoms with Crippen molar-refractivity contribution in [2.45, 2.75) is 0 Å². The smallest absolute Gasteiger partial charge is 0.277 e. The molecule has 0 saturated heterocycles. The van der Waals surface area contributed by atoms with Gasteiger partial charge in [0.1, 0.15) is 5.69 Å². The molecule has 0 aromatic carbocycles. The number of amides is 1. The molecule has 2 rings (SSSR count). The maximum absolute atomic E-state index is 11.7. The number of rotatable bonds is 2. The van der Waals surface area contributed by atoms with Gasteiger partial charge in [-0.15, -0.1) is 0 Å². The molecule has 82 valence electrons. The van der Waals surface area contributed by atoms with Gasteiger partial charge in [-0.3, -0.25) is 4.79 Å². The van der Waals surface area contributed by atoms with Crippen LogP contribution in [0.5, 0.6) is 0 Å². The Morgan fingerprint density at radius 3 is 2.75 bits per heavy atom. The van der Waals surface area contributed by atoms with Crippen LogP contribution in [0, 0.1) is 0 Å². The number of nitrogens with zero attached hydrogens (tertiary/aromatic N) is 4. The van der Waals surface area contributed by atoms with Crippen LogP contribution in [0.3, 0.4) is 0 Å². The first-order chi connectivity index (χ1) is 7.66. The third kappa shape index (κ3) is 2.17. The average Bonchev–Trinajstić information content (AvgIpc) is 2.68. The maximum Gasteiger partial charge on any atom is 0.277 e. The fourth-order valence-corrected chi connectivity index (χ4v) is 1.26. The van der Waals surface area contributed by atoms with Crippen molar-refractivity contribution in [3.05, 3.63) is 35.8 Å². The van der Waals surface area contributed by atoms with E-state index in [9.17, 15) is 4.79 Å². The molecule has 1 amide bonds. The molecule has 0 unspecified atom stereocenters. The molecule has 16 heavy (non-hydrogen) atoms. The fourth-order valence-electron chi connectivity index (χ4n) is 1.11. The minimum absolute atomic E-state index is 0.145. The van der Waals surface area contributed by atoms with Gasteiger partial charge in [-0.1, -0.05) is 11.6 Å². The Labute approximate surface area is 96.3 Å². The minimum atomic E-state index is -0.372. The number of carbonyl (C=O) groups excluding carboxylic acids is 1. The first-order valence-corrected chi connectivity index (χ1v) is 4.80. The standard InChI is InChI=1S/C9H8ClN5O/c1-15-4-6(13-5-15)9(16)14-8-7(10)11-2-3-12-8/h2-5H,1H3,(H,12,14,16). The molecule has 0 bridgehead atoms. The van der Waals surface area contributed by atoms with E-state index < -0.39 is 0 Å². The van der Waals surface area contributed by atoms with E-state index >= 15 is 0 Å². The molecule has 0 fully saturated rings. The summed E-state index contributed by atoms with van der Waals surface area (Å²) in [5, 5.41) is 2.66. The highest BCUT2D eigenvalue weighted by molar-refractivity contribution is 6.32. The van der Waals surface area contributed by atoms with Crippen molar-refractivity contribution in [2.75, 3.05) is 5.32 Å². The summed E-state index contributed by atoms with van der Waals surface area (Å²) < 4.78 is 1.67. The van der Waals surface area contributed by atoms with Crippen LogP contribution < -0.4 is 5.32 Å². The van der Waals surface area contributed by atoms with Crippen molar-refractivity contribution in [2.24, 2.45) is 7.05 Å². The van der Waals surface area contributed by atoms with Crippen LogP contribution in [0.2, 0.25) is 5.15 Å². The molecule has 0 aliphatic rings. The van der Waals surface area contributed by atoms with Gasteiger partial charge in [0.2, 0.25) is 0 Å². The first kappa shape index (κ1) is 10.6. The Hall–Kier alpha value is -1.95. The zero-order chi connectivity index (χ0) is 11.5. The minimum Gasteiger partial charge on any atom is -0.340 e. The number of aryl methyl sites for hydroxylation is 1. The third-order valence-electron chi connectivity index (χ3n) is 1.82. The van der Waals surface area contributed by atoms with Crippen molar-refractivity contribution in [1.29, 1.82) is 0 Å². The highest BCUT2D eigenvalue weighted by Crippen LogP contribution is 2.14. The van der Waals surface area contributed by atoms with Crippen LogP contribution in [0.4, 0.5) is 5.82 Å². The van der Waals surface area contributed by atoms with E-state index in [1.54, 1.807) is 17.8 Å². The Kier molecular flexibility index (Phi) is 2.82. The van der Waals surface area contributed by atoms with Gasteiger partial charge in [-0.25, -0.2) is 15.0 Å². The summed E-state index contributed by atoms with van der Waals surface area (Å²) >= 11 is 5.75. The number of carbonyl (C=O) groups is 1. The summed E-state index contributed by atoms with van der Waals surface area (Å²) in [6.45, 7) is 0. The predicted molar refractivity (Wildman–Crippen MR) is 58.2 cm³/mol. The molecule has 6 nitrogen and oxygen atoms in total. The number of anilines is 1. The lowest BCUT2D eigenvalue weighted by atomic mass is 10.4. The largest absolute Gasteiger partial charge is 0.340 e. The molecular weight excluding hydrogens is 230 g/mol. The average molecular weight is 238 g/mol. The van der Waals surface area contributed by atoms with Crippen LogP contribution in [-0.4, -0.2) is 25.4 Å². The summed E-state index contributed by atoms with van der Waals surface area (Å²) in [5.41, 5.74) is 0.296. The van der Waals surface area contributed by atoms with Gasteiger partial charge in [0.25, 0.3) is 5.91 Å². The van der Waals surface area contributed by atoms with E-state index in [-0.39, 0.29) is 16.9 Å². The highest BCUT2D eigenvalue weighted by Gasteiger charge is 2.11. The topological polar surface area (TPSA) is 72.7 Å². The number of halogens is 1. The number of aromatic nitrogens is 4. The number of nitrogens with one attached hydrogen (secondary N) is 1. The van der Waals surface area contributed by atoms with Gasteiger partial charge in [0.15, 0.2) is 11.0 Å². The van der Waals surface area contributed by atoms with Gasteiger partial charge in [-0.2, -0.15) is 0 Å². The monoisotopic (exact) mass is 237 g/mol. The van der Waals surface area contributed by atoms with E-state index in [1.165, 1.54) is 18.7 Å². The Balaban J connectivity index is 2.17. The molecule has 0 spiro atoms. The van der Waals surface area contributed by atoms with Gasteiger partial charge in [0.05, 0.1) is 6.33 Å². The van der Waals surface area contributed by atoms with Gasteiger partial charge >= 0.3 is 0 Å². The van der Waals surface area contributed by atoms with Gasteiger partial charge in [0, 0.05) is 25.6 Å². The van der Waals surface area contributed by atoms with Crippen LogP contribution >= 0.6 is 11.6 Å². The van der Waals surface area contributed by atoms with Gasteiger partial charge < -0.3 is 9.88 Å². The molecule has 0 saturated carbocycles. The van der Waals surface area contributed by atoms with E-state index in [2.05, 4.69) is 20.3 Å². The summed E-state index contributed by atoms with van der Waals surface area (Å²) in [6, 6.07) is 0. The molecule has 2 aromatic rings. The quantitative estimate of drug-likeness (QED) is 0.849. The SMILES string of the molecule is Cn1cnc(C(=O)Nc2nccnc2Cl)c1. The number of hydrogen-bond donors (Lipinski definition) is 1. The fraction of sp³-hybridized carbons (Fsp3) is 0.111. The van der Waals surface area contributed by atoms with E-state index in [0.717, 1.165) is 0 Å². The molecule has 0 aliphatic carbocycles. The van der Waals surface area contributed by atoms with Crippen LogP contribution in [0.15, 0.2) is 24.9 Å². The molecule has 2 aromatic heterocycles. The molecule has 1 N–H and O–H groups in total. The van der Waals surface area contributed by atoms with Crippen molar-refractivity contribution >= 4 is 23.3 Å². The van der Waals surface area contributed by atoms with Crippen LogP contribution in [0.25, 0.3) is 0 Å². The third-order valence-corrected chi connectivity index (χ3v) is 2.10.